The van der Waals surface area contributed by atoms with Gasteiger partial charge in [0.1, 0.15) is 0 Å². The SMILES string of the molecule is CC1(C)CCCC2(CCNC2CO)C1. The Kier molecular flexibility index (Phi) is 2.61. The molecule has 0 bridgehead atoms. The molecule has 82 valence electrons. The lowest BCUT2D eigenvalue weighted by Gasteiger charge is -2.45. The minimum atomic E-state index is 0.316. The van der Waals surface area contributed by atoms with Gasteiger partial charge in [-0.3, -0.25) is 0 Å². The van der Waals surface area contributed by atoms with Crippen molar-refractivity contribution in [1.29, 1.82) is 0 Å². The lowest BCUT2D eigenvalue weighted by atomic mass is 9.60. The molecule has 1 spiro atoms. The van der Waals surface area contributed by atoms with E-state index in [-0.39, 0.29) is 0 Å². The second kappa shape index (κ2) is 3.49. The van der Waals surface area contributed by atoms with Crippen LogP contribution >= 0.6 is 0 Å². The van der Waals surface area contributed by atoms with Crippen LogP contribution in [0.1, 0.15) is 46.0 Å². The largest absolute Gasteiger partial charge is 0.395 e. The second-order valence-electron chi connectivity index (χ2n) is 6.00. The van der Waals surface area contributed by atoms with Crippen molar-refractivity contribution in [3.05, 3.63) is 0 Å². The summed E-state index contributed by atoms with van der Waals surface area (Å²) in [5.41, 5.74) is 0.897. The van der Waals surface area contributed by atoms with E-state index in [2.05, 4.69) is 19.2 Å². The van der Waals surface area contributed by atoms with Crippen LogP contribution in [0.3, 0.4) is 0 Å². The Bertz CT molecular complexity index is 214. The molecule has 2 N–H and O–H groups in total. The second-order valence-corrected chi connectivity index (χ2v) is 6.00. The summed E-state index contributed by atoms with van der Waals surface area (Å²) in [6.45, 7) is 6.17. The van der Waals surface area contributed by atoms with Crippen molar-refractivity contribution in [3.63, 3.8) is 0 Å². The van der Waals surface area contributed by atoms with Gasteiger partial charge in [0.2, 0.25) is 0 Å². The van der Waals surface area contributed by atoms with Crippen molar-refractivity contribution in [3.8, 4) is 0 Å². The summed E-state index contributed by atoms with van der Waals surface area (Å²) >= 11 is 0. The highest BCUT2D eigenvalue weighted by molar-refractivity contribution is 5.01. The van der Waals surface area contributed by atoms with Crippen molar-refractivity contribution < 1.29 is 5.11 Å². The summed E-state index contributed by atoms with van der Waals surface area (Å²) in [5.74, 6) is 0. The minimum absolute atomic E-state index is 0.316. The number of aliphatic hydroxyl groups excluding tert-OH is 1. The fraction of sp³-hybridized carbons (Fsp3) is 1.00. The topological polar surface area (TPSA) is 32.3 Å². The predicted octanol–water partition coefficient (Wildman–Crippen LogP) is 1.93. The van der Waals surface area contributed by atoms with Gasteiger partial charge in [-0.05, 0) is 43.1 Å². The van der Waals surface area contributed by atoms with Crippen molar-refractivity contribution >= 4 is 0 Å². The minimum Gasteiger partial charge on any atom is -0.395 e. The van der Waals surface area contributed by atoms with Gasteiger partial charge >= 0.3 is 0 Å². The van der Waals surface area contributed by atoms with Crippen LogP contribution in [0, 0.1) is 10.8 Å². The summed E-state index contributed by atoms with van der Waals surface area (Å²) < 4.78 is 0. The third kappa shape index (κ3) is 1.70. The fourth-order valence-electron chi connectivity index (χ4n) is 3.70. The van der Waals surface area contributed by atoms with Crippen molar-refractivity contribution in [2.45, 2.75) is 52.0 Å². The van der Waals surface area contributed by atoms with Crippen LogP contribution in [0.2, 0.25) is 0 Å². The number of rotatable bonds is 1. The Labute approximate surface area is 87.1 Å². The summed E-state index contributed by atoms with van der Waals surface area (Å²) in [6.07, 6.45) is 6.56. The van der Waals surface area contributed by atoms with Gasteiger partial charge in [0.15, 0.2) is 0 Å². The summed E-state index contributed by atoms with van der Waals surface area (Å²) in [4.78, 5) is 0. The zero-order valence-corrected chi connectivity index (χ0v) is 9.47. The van der Waals surface area contributed by atoms with Gasteiger partial charge in [-0.25, -0.2) is 0 Å². The molecule has 0 aromatic rings. The number of aliphatic hydroxyl groups is 1. The zero-order valence-electron chi connectivity index (χ0n) is 9.47. The number of nitrogens with one attached hydrogen (secondary N) is 1. The highest BCUT2D eigenvalue weighted by Gasteiger charge is 2.47. The lowest BCUT2D eigenvalue weighted by Crippen LogP contribution is -2.44. The molecule has 2 unspecified atom stereocenters. The van der Waals surface area contributed by atoms with Gasteiger partial charge in [0.25, 0.3) is 0 Å². The molecule has 1 aliphatic heterocycles. The van der Waals surface area contributed by atoms with Crippen LogP contribution in [-0.2, 0) is 0 Å². The molecule has 0 aromatic carbocycles. The van der Waals surface area contributed by atoms with Crippen LogP contribution in [0.5, 0.6) is 0 Å². The van der Waals surface area contributed by atoms with Crippen molar-refractivity contribution in [2.75, 3.05) is 13.2 Å². The van der Waals surface area contributed by atoms with Crippen molar-refractivity contribution in [2.24, 2.45) is 10.8 Å². The summed E-state index contributed by atoms with van der Waals surface area (Å²) in [6, 6.07) is 0.363. The maximum atomic E-state index is 9.39. The zero-order chi connectivity index (χ0) is 10.2. The Hall–Kier alpha value is -0.0800. The van der Waals surface area contributed by atoms with Crippen LogP contribution in [0.4, 0.5) is 0 Å². The Morgan fingerprint density at radius 1 is 1.29 bits per heavy atom. The highest BCUT2D eigenvalue weighted by Crippen LogP contribution is 2.51. The Morgan fingerprint density at radius 3 is 2.71 bits per heavy atom. The predicted molar refractivity (Wildman–Crippen MR) is 58.2 cm³/mol. The molecule has 2 atom stereocenters. The first-order valence-corrected chi connectivity index (χ1v) is 5.92. The average molecular weight is 197 g/mol. The third-order valence-electron chi connectivity index (χ3n) is 4.29. The molecule has 2 rings (SSSR count). The van der Waals surface area contributed by atoms with Gasteiger partial charge in [-0.1, -0.05) is 20.3 Å². The molecule has 0 aromatic heterocycles. The molecule has 1 saturated carbocycles. The van der Waals surface area contributed by atoms with E-state index in [1.165, 1.54) is 32.1 Å². The van der Waals surface area contributed by atoms with Gasteiger partial charge in [-0.2, -0.15) is 0 Å². The Morgan fingerprint density at radius 2 is 2.07 bits per heavy atom. The van der Waals surface area contributed by atoms with Crippen LogP contribution in [0.15, 0.2) is 0 Å². The quantitative estimate of drug-likeness (QED) is 0.673. The summed E-state index contributed by atoms with van der Waals surface area (Å²) in [7, 11) is 0. The standard InChI is InChI=1S/C12H23NO/c1-11(2)4-3-5-12(9-11)6-7-13-10(12)8-14/h10,13-14H,3-9H2,1-2H3. The fourth-order valence-corrected chi connectivity index (χ4v) is 3.70. The number of hydrogen-bond acceptors (Lipinski definition) is 2. The smallest absolute Gasteiger partial charge is 0.0590 e. The monoisotopic (exact) mass is 197 g/mol. The highest BCUT2D eigenvalue weighted by atomic mass is 16.3. The number of hydrogen-bond donors (Lipinski definition) is 2. The molecule has 2 heteroatoms. The molecule has 0 radical (unpaired) electrons. The van der Waals surface area contributed by atoms with Gasteiger partial charge < -0.3 is 10.4 Å². The maximum Gasteiger partial charge on any atom is 0.0590 e. The molecule has 2 aliphatic rings. The molecule has 2 nitrogen and oxygen atoms in total. The third-order valence-corrected chi connectivity index (χ3v) is 4.29. The molecule has 14 heavy (non-hydrogen) atoms. The molecule has 1 aliphatic carbocycles. The van der Waals surface area contributed by atoms with E-state index < -0.39 is 0 Å². The van der Waals surface area contributed by atoms with Gasteiger partial charge in [0.05, 0.1) is 6.61 Å². The van der Waals surface area contributed by atoms with E-state index in [0.29, 0.717) is 23.5 Å². The molecule has 2 fully saturated rings. The summed E-state index contributed by atoms with van der Waals surface area (Å²) in [5, 5.41) is 12.8. The lowest BCUT2D eigenvalue weighted by molar-refractivity contribution is 0.0490. The first-order valence-electron chi connectivity index (χ1n) is 5.92. The molecular weight excluding hydrogens is 174 g/mol. The van der Waals surface area contributed by atoms with E-state index in [4.69, 9.17) is 0 Å². The van der Waals surface area contributed by atoms with Crippen LogP contribution in [-0.4, -0.2) is 24.3 Å². The van der Waals surface area contributed by atoms with E-state index in [9.17, 15) is 5.11 Å². The van der Waals surface area contributed by atoms with Crippen molar-refractivity contribution in [1.82, 2.24) is 5.32 Å². The van der Waals surface area contributed by atoms with Crippen LogP contribution in [0.25, 0.3) is 0 Å². The average Bonchev–Trinajstić information content (AvgIpc) is 2.45. The van der Waals surface area contributed by atoms with Gasteiger partial charge in [0, 0.05) is 6.04 Å². The normalized spacial score (nSPS) is 41.8. The van der Waals surface area contributed by atoms with Gasteiger partial charge in [-0.15, -0.1) is 0 Å². The van der Waals surface area contributed by atoms with E-state index in [1.54, 1.807) is 0 Å². The van der Waals surface area contributed by atoms with E-state index >= 15 is 0 Å². The molecule has 1 saturated heterocycles. The molecule has 1 heterocycles. The maximum absolute atomic E-state index is 9.39. The van der Waals surface area contributed by atoms with E-state index in [0.717, 1.165) is 6.54 Å². The Balaban J connectivity index is 2.14. The first-order chi connectivity index (χ1) is 6.58. The van der Waals surface area contributed by atoms with E-state index in [1.807, 2.05) is 0 Å². The first kappa shape index (κ1) is 10.4. The van der Waals surface area contributed by atoms with Crippen LogP contribution < -0.4 is 5.32 Å². The molecular formula is C12H23NO. The molecule has 0 amide bonds.